The highest BCUT2D eigenvalue weighted by Gasteiger charge is 2.54. The van der Waals surface area contributed by atoms with Gasteiger partial charge in [0.1, 0.15) is 11.5 Å². The van der Waals surface area contributed by atoms with Crippen molar-refractivity contribution in [1.82, 2.24) is 14.8 Å². The summed E-state index contributed by atoms with van der Waals surface area (Å²) in [6.45, 7) is 2.97. The van der Waals surface area contributed by atoms with Gasteiger partial charge in [0, 0.05) is 37.0 Å². The molecule has 2 amide bonds. The lowest BCUT2D eigenvalue weighted by molar-refractivity contribution is 0.00492. The predicted octanol–water partition coefficient (Wildman–Crippen LogP) is 3.19. The number of aromatic nitrogens is 1. The van der Waals surface area contributed by atoms with Gasteiger partial charge in [0.2, 0.25) is 0 Å². The molecule has 0 saturated carbocycles. The summed E-state index contributed by atoms with van der Waals surface area (Å²) in [5, 5.41) is 3.09. The molecule has 5 heterocycles. The SMILES string of the molecule is COc1ccc(NC(=O)N2CC(c3cccnc3)C3C2C2CCN3CC2)c(OC)c1. The second kappa shape index (κ2) is 7.80. The molecule has 0 radical (unpaired) electrons. The fourth-order valence-corrected chi connectivity index (χ4v) is 5.63. The molecule has 4 aliphatic heterocycles. The number of nitrogens with zero attached hydrogens (tertiary/aromatic N) is 3. The van der Waals surface area contributed by atoms with Crippen molar-refractivity contribution in [3.8, 4) is 11.5 Å². The molecule has 3 unspecified atom stereocenters. The van der Waals surface area contributed by atoms with E-state index in [1.165, 1.54) is 5.56 Å². The molecule has 3 atom stereocenters. The zero-order chi connectivity index (χ0) is 20.7. The minimum Gasteiger partial charge on any atom is -0.497 e. The van der Waals surface area contributed by atoms with Crippen LogP contribution >= 0.6 is 0 Å². The van der Waals surface area contributed by atoms with Crippen LogP contribution in [-0.4, -0.2) is 66.8 Å². The van der Waals surface area contributed by atoms with Crippen LogP contribution in [-0.2, 0) is 0 Å². The molecule has 0 aliphatic carbocycles. The summed E-state index contributed by atoms with van der Waals surface area (Å²) in [5.74, 6) is 2.14. The first-order valence-electron chi connectivity index (χ1n) is 10.6. The Hall–Kier alpha value is -2.80. The van der Waals surface area contributed by atoms with Gasteiger partial charge in [0.05, 0.1) is 25.9 Å². The maximum Gasteiger partial charge on any atom is 0.322 e. The number of anilines is 1. The number of carbonyl (C=O) groups is 1. The van der Waals surface area contributed by atoms with Gasteiger partial charge in [0.25, 0.3) is 0 Å². The normalized spacial score (nSPS) is 29.4. The van der Waals surface area contributed by atoms with Crippen LogP contribution in [0.5, 0.6) is 11.5 Å². The van der Waals surface area contributed by atoms with Crippen LogP contribution in [0.1, 0.15) is 24.3 Å². The van der Waals surface area contributed by atoms with Crippen LogP contribution in [0.25, 0.3) is 0 Å². The Morgan fingerprint density at radius 3 is 2.67 bits per heavy atom. The van der Waals surface area contributed by atoms with Crippen LogP contribution in [0.4, 0.5) is 10.5 Å². The molecule has 0 spiro atoms. The zero-order valence-corrected chi connectivity index (χ0v) is 17.5. The van der Waals surface area contributed by atoms with E-state index >= 15 is 0 Å². The second-order valence-electron chi connectivity index (χ2n) is 8.40. The van der Waals surface area contributed by atoms with Crippen molar-refractivity contribution in [2.24, 2.45) is 5.92 Å². The number of ether oxygens (including phenoxy) is 2. The van der Waals surface area contributed by atoms with Gasteiger partial charge in [0.15, 0.2) is 0 Å². The number of fused-ring (bicyclic) bond motifs is 2. The van der Waals surface area contributed by atoms with Crippen LogP contribution in [0.2, 0.25) is 0 Å². The molecule has 1 N–H and O–H groups in total. The number of benzene rings is 1. The minimum atomic E-state index is -0.0615. The van der Waals surface area contributed by atoms with Crippen LogP contribution < -0.4 is 14.8 Å². The molecular weight excluding hydrogens is 380 g/mol. The summed E-state index contributed by atoms with van der Waals surface area (Å²) >= 11 is 0. The van der Waals surface area contributed by atoms with E-state index in [9.17, 15) is 4.79 Å². The zero-order valence-electron chi connectivity index (χ0n) is 17.5. The summed E-state index contributed by atoms with van der Waals surface area (Å²) < 4.78 is 10.7. The van der Waals surface area contributed by atoms with Crippen LogP contribution in [0.3, 0.4) is 0 Å². The van der Waals surface area contributed by atoms with Crippen molar-refractivity contribution in [2.75, 3.05) is 39.2 Å². The number of carbonyl (C=O) groups excluding carboxylic acids is 1. The van der Waals surface area contributed by atoms with Crippen molar-refractivity contribution < 1.29 is 14.3 Å². The molecule has 7 nitrogen and oxygen atoms in total. The Bertz CT molecular complexity index is 914. The molecule has 158 valence electrons. The molecule has 7 heteroatoms. The Morgan fingerprint density at radius 2 is 1.97 bits per heavy atom. The van der Waals surface area contributed by atoms with E-state index in [4.69, 9.17) is 9.47 Å². The lowest BCUT2D eigenvalue weighted by Gasteiger charge is -2.51. The lowest BCUT2D eigenvalue weighted by atomic mass is 9.75. The Kier molecular flexibility index (Phi) is 4.98. The number of methoxy groups -OCH3 is 2. The van der Waals surface area contributed by atoms with Crippen LogP contribution in [0.15, 0.2) is 42.7 Å². The van der Waals surface area contributed by atoms with Crippen LogP contribution in [0, 0.1) is 5.92 Å². The van der Waals surface area contributed by atoms with Gasteiger partial charge in [-0.1, -0.05) is 6.07 Å². The second-order valence-corrected chi connectivity index (χ2v) is 8.40. The average Bonchev–Trinajstić information content (AvgIpc) is 3.24. The summed E-state index contributed by atoms with van der Waals surface area (Å²) in [5.41, 5.74) is 1.88. The van der Waals surface area contributed by atoms with E-state index < -0.39 is 0 Å². The van der Waals surface area contributed by atoms with E-state index in [0.717, 1.165) is 25.9 Å². The summed E-state index contributed by atoms with van der Waals surface area (Å²) in [6.07, 6.45) is 6.09. The fourth-order valence-electron chi connectivity index (χ4n) is 5.63. The molecular formula is C23H28N4O3. The molecule has 30 heavy (non-hydrogen) atoms. The third-order valence-electron chi connectivity index (χ3n) is 7.02. The summed E-state index contributed by atoms with van der Waals surface area (Å²) in [7, 11) is 3.21. The first kappa shape index (κ1) is 19.2. The number of piperidine rings is 3. The van der Waals surface area contributed by atoms with Crippen molar-refractivity contribution in [3.05, 3.63) is 48.3 Å². The number of nitrogens with one attached hydrogen (secondary N) is 1. The van der Waals surface area contributed by atoms with Crippen molar-refractivity contribution >= 4 is 11.7 Å². The van der Waals surface area contributed by atoms with E-state index in [2.05, 4.69) is 26.2 Å². The molecule has 4 fully saturated rings. The Morgan fingerprint density at radius 1 is 1.13 bits per heavy atom. The number of pyridine rings is 1. The lowest BCUT2D eigenvalue weighted by Crippen LogP contribution is -2.61. The van der Waals surface area contributed by atoms with E-state index in [-0.39, 0.29) is 18.0 Å². The monoisotopic (exact) mass is 408 g/mol. The maximum absolute atomic E-state index is 13.4. The quantitative estimate of drug-likeness (QED) is 0.842. The third kappa shape index (κ3) is 3.17. The van der Waals surface area contributed by atoms with Crippen molar-refractivity contribution in [2.45, 2.75) is 30.8 Å². The molecule has 1 aromatic carbocycles. The molecule has 2 bridgehead atoms. The van der Waals surface area contributed by atoms with Crippen molar-refractivity contribution in [3.63, 3.8) is 0 Å². The summed E-state index contributed by atoms with van der Waals surface area (Å²) in [4.78, 5) is 22.4. The van der Waals surface area contributed by atoms with Gasteiger partial charge in [-0.3, -0.25) is 9.88 Å². The highest BCUT2D eigenvalue weighted by molar-refractivity contribution is 5.91. The van der Waals surface area contributed by atoms with E-state index in [0.29, 0.717) is 35.7 Å². The molecule has 4 aliphatic rings. The number of amides is 2. The Labute approximate surface area is 177 Å². The number of likely N-dealkylation sites (tertiary alicyclic amines) is 1. The van der Waals surface area contributed by atoms with Gasteiger partial charge in [-0.25, -0.2) is 4.79 Å². The van der Waals surface area contributed by atoms with Gasteiger partial charge >= 0.3 is 6.03 Å². The smallest absolute Gasteiger partial charge is 0.322 e. The average molecular weight is 409 g/mol. The first-order valence-corrected chi connectivity index (χ1v) is 10.6. The standard InChI is InChI=1S/C23H28N4O3/c1-29-17-5-6-19(20(12-17)30-2)25-23(28)27-14-18(16-4-3-9-24-13-16)22-21(27)15-7-10-26(22)11-8-15/h3-6,9,12-13,15,18,21-22H,7-8,10-11,14H2,1-2H3,(H,25,28). The number of hydrogen-bond donors (Lipinski definition) is 1. The highest BCUT2D eigenvalue weighted by atomic mass is 16.5. The van der Waals surface area contributed by atoms with Gasteiger partial charge in [-0.05, 0) is 55.6 Å². The molecule has 6 rings (SSSR count). The first-order chi connectivity index (χ1) is 14.7. The summed E-state index contributed by atoms with van der Waals surface area (Å²) in [6, 6.07) is 10.1. The molecule has 1 aromatic heterocycles. The predicted molar refractivity (Wildman–Crippen MR) is 114 cm³/mol. The number of hydrogen-bond acceptors (Lipinski definition) is 5. The molecule has 2 aromatic rings. The minimum absolute atomic E-state index is 0.0615. The van der Waals surface area contributed by atoms with Gasteiger partial charge < -0.3 is 19.7 Å². The number of urea groups is 1. The van der Waals surface area contributed by atoms with Crippen molar-refractivity contribution in [1.29, 1.82) is 0 Å². The van der Waals surface area contributed by atoms with Gasteiger partial charge in [-0.15, -0.1) is 0 Å². The van der Waals surface area contributed by atoms with E-state index in [1.54, 1.807) is 20.3 Å². The fraction of sp³-hybridized carbons (Fsp3) is 0.478. The maximum atomic E-state index is 13.4. The molecule has 4 saturated heterocycles. The van der Waals surface area contributed by atoms with Gasteiger partial charge in [-0.2, -0.15) is 0 Å². The Balaban J connectivity index is 1.43. The highest BCUT2D eigenvalue weighted by Crippen LogP contribution is 2.46. The van der Waals surface area contributed by atoms with E-state index in [1.807, 2.05) is 30.6 Å². The topological polar surface area (TPSA) is 66.9 Å². The largest absolute Gasteiger partial charge is 0.497 e. The number of rotatable bonds is 4. The third-order valence-corrected chi connectivity index (χ3v) is 7.02.